The second kappa shape index (κ2) is 7.24. The van der Waals surface area contributed by atoms with Gasteiger partial charge in [0.05, 0.1) is 5.92 Å². The summed E-state index contributed by atoms with van der Waals surface area (Å²) >= 11 is 0. The quantitative estimate of drug-likeness (QED) is 0.854. The fourth-order valence-electron chi connectivity index (χ4n) is 2.07. The maximum absolute atomic E-state index is 12.6. The van der Waals surface area contributed by atoms with Crippen LogP contribution >= 0.6 is 0 Å². The first-order valence-electron chi connectivity index (χ1n) is 6.86. The molecular weight excluding hydrogens is 238 g/mol. The average Bonchev–Trinajstić information content (AvgIpc) is 2.37. The largest absolute Gasteiger partial charge is 0.336 e. The third-order valence-corrected chi connectivity index (χ3v) is 3.36. The Kier molecular flexibility index (Phi) is 5.96. The van der Waals surface area contributed by atoms with Crippen molar-refractivity contribution in [1.29, 1.82) is 0 Å². The zero-order chi connectivity index (χ0) is 14.4. The smallest absolute Gasteiger partial charge is 0.227 e. The minimum Gasteiger partial charge on any atom is -0.336 e. The van der Waals surface area contributed by atoms with Gasteiger partial charge in [-0.15, -0.1) is 0 Å². The van der Waals surface area contributed by atoms with Crippen LogP contribution in [0.1, 0.15) is 33.3 Å². The van der Waals surface area contributed by atoms with Gasteiger partial charge in [0.1, 0.15) is 0 Å². The van der Waals surface area contributed by atoms with Crippen LogP contribution in [0.5, 0.6) is 0 Å². The second-order valence-corrected chi connectivity index (χ2v) is 5.51. The number of hydrogen-bond donors (Lipinski definition) is 1. The van der Waals surface area contributed by atoms with Crippen molar-refractivity contribution in [3.8, 4) is 0 Å². The highest BCUT2D eigenvalue weighted by atomic mass is 16.2. The number of amides is 1. The number of carbonyl (C=O) groups is 1. The predicted octanol–water partition coefficient (Wildman–Crippen LogP) is 2.05. The molecule has 1 atom stereocenters. The van der Waals surface area contributed by atoms with Crippen molar-refractivity contribution in [2.45, 2.75) is 40.3 Å². The molecular formula is C15H25N3O. The highest BCUT2D eigenvalue weighted by Crippen LogP contribution is 2.17. The lowest BCUT2D eigenvalue weighted by Gasteiger charge is -2.31. The second-order valence-electron chi connectivity index (χ2n) is 5.51. The third-order valence-electron chi connectivity index (χ3n) is 3.36. The van der Waals surface area contributed by atoms with Gasteiger partial charge >= 0.3 is 0 Å². The highest BCUT2D eigenvalue weighted by Gasteiger charge is 2.27. The van der Waals surface area contributed by atoms with E-state index >= 15 is 0 Å². The average molecular weight is 263 g/mol. The number of hydrogen-bond acceptors (Lipinski definition) is 3. The number of rotatable bonds is 6. The first-order valence-corrected chi connectivity index (χ1v) is 6.86. The van der Waals surface area contributed by atoms with Gasteiger partial charge in [0, 0.05) is 31.5 Å². The number of nitrogens with zero attached hydrogens (tertiary/aromatic N) is 2. The lowest BCUT2D eigenvalue weighted by atomic mass is 9.94. The fraction of sp³-hybridized carbons (Fsp3) is 0.600. The molecule has 0 aliphatic heterocycles. The molecule has 0 spiro atoms. The van der Waals surface area contributed by atoms with Crippen LogP contribution in [-0.2, 0) is 11.3 Å². The summed E-state index contributed by atoms with van der Waals surface area (Å²) in [5, 5.41) is 0. The van der Waals surface area contributed by atoms with E-state index in [0.717, 1.165) is 5.56 Å². The Morgan fingerprint density at radius 2 is 2.05 bits per heavy atom. The molecule has 0 radical (unpaired) electrons. The van der Waals surface area contributed by atoms with Gasteiger partial charge in [0.2, 0.25) is 5.91 Å². The maximum atomic E-state index is 12.6. The summed E-state index contributed by atoms with van der Waals surface area (Å²) in [6.07, 6.45) is 3.54. The predicted molar refractivity (Wildman–Crippen MR) is 77.3 cm³/mol. The number of carbonyl (C=O) groups excluding carboxylic acids is 1. The summed E-state index contributed by atoms with van der Waals surface area (Å²) in [6.45, 7) is 9.13. The van der Waals surface area contributed by atoms with E-state index < -0.39 is 0 Å². The Labute approximate surface area is 116 Å². The molecule has 19 heavy (non-hydrogen) atoms. The van der Waals surface area contributed by atoms with E-state index in [1.165, 1.54) is 0 Å². The van der Waals surface area contributed by atoms with Crippen LogP contribution in [0.25, 0.3) is 0 Å². The molecule has 0 aromatic carbocycles. The van der Waals surface area contributed by atoms with Crippen LogP contribution in [-0.4, -0.2) is 28.4 Å². The van der Waals surface area contributed by atoms with E-state index in [2.05, 4.69) is 4.98 Å². The van der Waals surface area contributed by atoms with E-state index in [-0.39, 0.29) is 23.8 Å². The highest BCUT2D eigenvalue weighted by molar-refractivity contribution is 5.79. The minimum absolute atomic E-state index is 0.112. The normalized spacial score (nSPS) is 12.8. The van der Waals surface area contributed by atoms with Gasteiger partial charge in [-0.25, -0.2) is 0 Å². The fourth-order valence-corrected chi connectivity index (χ4v) is 2.07. The van der Waals surface area contributed by atoms with Crippen LogP contribution in [0, 0.1) is 11.8 Å². The van der Waals surface area contributed by atoms with E-state index in [0.29, 0.717) is 13.1 Å². The zero-order valence-corrected chi connectivity index (χ0v) is 12.3. The third kappa shape index (κ3) is 4.31. The minimum atomic E-state index is -0.112. The van der Waals surface area contributed by atoms with E-state index in [1.807, 2.05) is 44.7 Å². The van der Waals surface area contributed by atoms with Gasteiger partial charge in [-0.1, -0.05) is 19.9 Å². The number of pyridine rings is 1. The molecule has 0 aliphatic rings. The Bertz CT molecular complexity index is 390. The summed E-state index contributed by atoms with van der Waals surface area (Å²) < 4.78 is 0. The molecule has 1 unspecified atom stereocenters. The van der Waals surface area contributed by atoms with Crippen molar-refractivity contribution in [3.63, 3.8) is 0 Å². The Balaban J connectivity index is 2.86. The first-order chi connectivity index (χ1) is 8.97. The van der Waals surface area contributed by atoms with Crippen molar-refractivity contribution < 1.29 is 4.79 Å². The lowest BCUT2D eigenvalue weighted by molar-refractivity contribution is -0.139. The molecule has 1 rings (SSSR count). The molecule has 0 saturated heterocycles. The number of nitrogens with two attached hydrogens (primary N) is 1. The van der Waals surface area contributed by atoms with Crippen LogP contribution in [0.2, 0.25) is 0 Å². The molecule has 1 heterocycles. The summed E-state index contributed by atoms with van der Waals surface area (Å²) in [5.41, 5.74) is 6.79. The Morgan fingerprint density at radius 3 is 2.47 bits per heavy atom. The topological polar surface area (TPSA) is 59.2 Å². The standard InChI is InChI=1S/C15H25N3O/c1-11(2)14(8-16)15(19)18(12(3)4)10-13-6-5-7-17-9-13/h5-7,9,11-12,14H,8,10,16H2,1-4H3. The van der Waals surface area contributed by atoms with Crippen LogP contribution in [0.3, 0.4) is 0 Å². The molecule has 4 nitrogen and oxygen atoms in total. The van der Waals surface area contributed by atoms with E-state index in [4.69, 9.17) is 5.73 Å². The van der Waals surface area contributed by atoms with Crippen molar-refractivity contribution in [2.75, 3.05) is 6.54 Å². The SMILES string of the molecule is CC(C)C(CN)C(=O)N(Cc1cccnc1)C(C)C. The Morgan fingerprint density at radius 1 is 1.37 bits per heavy atom. The Hall–Kier alpha value is -1.42. The molecule has 4 heteroatoms. The van der Waals surface area contributed by atoms with Crippen molar-refractivity contribution in [1.82, 2.24) is 9.88 Å². The molecule has 0 fully saturated rings. The molecule has 1 aromatic heterocycles. The van der Waals surface area contributed by atoms with E-state index in [9.17, 15) is 4.79 Å². The van der Waals surface area contributed by atoms with Gasteiger partial charge in [0.25, 0.3) is 0 Å². The van der Waals surface area contributed by atoms with Gasteiger partial charge < -0.3 is 10.6 Å². The molecule has 2 N–H and O–H groups in total. The summed E-state index contributed by atoms with van der Waals surface area (Å²) in [6, 6.07) is 4.03. The molecule has 106 valence electrons. The van der Waals surface area contributed by atoms with Crippen LogP contribution in [0.15, 0.2) is 24.5 Å². The van der Waals surface area contributed by atoms with Crippen molar-refractivity contribution in [3.05, 3.63) is 30.1 Å². The van der Waals surface area contributed by atoms with Crippen LogP contribution in [0.4, 0.5) is 0 Å². The van der Waals surface area contributed by atoms with Gasteiger partial charge in [-0.2, -0.15) is 0 Å². The van der Waals surface area contributed by atoms with Gasteiger partial charge in [-0.3, -0.25) is 9.78 Å². The zero-order valence-electron chi connectivity index (χ0n) is 12.3. The molecule has 0 bridgehead atoms. The summed E-state index contributed by atoms with van der Waals surface area (Å²) in [7, 11) is 0. The number of aromatic nitrogens is 1. The van der Waals surface area contributed by atoms with Crippen molar-refractivity contribution >= 4 is 5.91 Å². The lowest BCUT2D eigenvalue weighted by Crippen LogP contribution is -2.44. The molecule has 1 aromatic rings. The summed E-state index contributed by atoms with van der Waals surface area (Å²) in [5.74, 6) is 0.281. The molecule has 0 saturated carbocycles. The van der Waals surface area contributed by atoms with Crippen molar-refractivity contribution in [2.24, 2.45) is 17.6 Å². The monoisotopic (exact) mass is 263 g/mol. The maximum Gasteiger partial charge on any atom is 0.227 e. The molecule has 1 amide bonds. The summed E-state index contributed by atoms with van der Waals surface area (Å²) in [4.78, 5) is 18.6. The molecule has 0 aliphatic carbocycles. The van der Waals surface area contributed by atoms with E-state index in [1.54, 1.807) is 12.4 Å². The van der Waals surface area contributed by atoms with Gasteiger partial charge in [-0.05, 0) is 31.4 Å². The van der Waals surface area contributed by atoms with Crippen LogP contribution < -0.4 is 5.73 Å². The van der Waals surface area contributed by atoms with Gasteiger partial charge in [0.15, 0.2) is 0 Å². The first kappa shape index (κ1) is 15.6.